The van der Waals surface area contributed by atoms with Gasteiger partial charge in [-0.25, -0.2) is 0 Å². The van der Waals surface area contributed by atoms with Crippen molar-refractivity contribution >= 4 is 18.6 Å². The molecule has 0 fully saturated rings. The van der Waals surface area contributed by atoms with Crippen molar-refractivity contribution in [3.63, 3.8) is 0 Å². The third-order valence-corrected chi connectivity index (χ3v) is 6.77. The average Bonchev–Trinajstić information content (AvgIpc) is 2.67. The summed E-state index contributed by atoms with van der Waals surface area (Å²) in [6.07, 6.45) is 0. The predicted molar refractivity (Wildman–Crippen MR) is 102 cm³/mol. The standard InChI is InChI=1S/C21H19O4P/c22-21(23)19(16-10-4-1-5-11-16)20(17-12-6-2-7-13-17)26(24,25)18-14-8-3-9-15-18/h1-15,19-20H,(H,22,23)(H,24,25). The van der Waals surface area contributed by atoms with Gasteiger partial charge >= 0.3 is 5.97 Å². The van der Waals surface area contributed by atoms with E-state index in [1.165, 1.54) is 0 Å². The van der Waals surface area contributed by atoms with Crippen LogP contribution in [-0.4, -0.2) is 16.0 Å². The summed E-state index contributed by atoms with van der Waals surface area (Å²) in [6.45, 7) is 0. The molecule has 3 aromatic rings. The summed E-state index contributed by atoms with van der Waals surface area (Å²) in [5, 5.41) is 10.2. The smallest absolute Gasteiger partial charge is 0.312 e. The largest absolute Gasteiger partial charge is 0.481 e. The molecule has 3 aromatic carbocycles. The molecule has 26 heavy (non-hydrogen) atoms. The van der Waals surface area contributed by atoms with Gasteiger partial charge in [-0.3, -0.25) is 9.36 Å². The molecule has 0 heterocycles. The second-order valence-electron chi connectivity index (χ2n) is 6.04. The van der Waals surface area contributed by atoms with Crippen molar-refractivity contribution in [2.45, 2.75) is 11.6 Å². The fourth-order valence-corrected chi connectivity index (χ4v) is 5.37. The van der Waals surface area contributed by atoms with E-state index in [9.17, 15) is 19.4 Å². The first-order valence-electron chi connectivity index (χ1n) is 8.22. The molecule has 0 aliphatic carbocycles. The van der Waals surface area contributed by atoms with Crippen molar-refractivity contribution in [2.75, 3.05) is 0 Å². The number of carboxylic acids is 1. The van der Waals surface area contributed by atoms with E-state index in [0.29, 0.717) is 11.1 Å². The summed E-state index contributed by atoms with van der Waals surface area (Å²) >= 11 is 0. The zero-order chi connectivity index (χ0) is 18.6. The Morgan fingerprint density at radius 3 is 1.62 bits per heavy atom. The van der Waals surface area contributed by atoms with Crippen LogP contribution in [-0.2, 0) is 9.36 Å². The van der Waals surface area contributed by atoms with Gasteiger partial charge in [0.25, 0.3) is 0 Å². The van der Waals surface area contributed by atoms with Crippen LogP contribution in [0, 0.1) is 0 Å². The minimum atomic E-state index is -4.03. The lowest BCUT2D eigenvalue weighted by Gasteiger charge is -2.29. The van der Waals surface area contributed by atoms with Gasteiger partial charge in [-0.1, -0.05) is 78.9 Å². The molecular weight excluding hydrogens is 347 g/mol. The quantitative estimate of drug-likeness (QED) is 0.642. The molecule has 132 valence electrons. The molecule has 3 unspecified atom stereocenters. The van der Waals surface area contributed by atoms with Gasteiger partial charge in [0.15, 0.2) is 0 Å². The number of carbonyl (C=O) groups is 1. The highest BCUT2D eigenvalue weighted by Gasteiger charge is 2.44. The maximum absolute atomic E-state index is 13.5. The van der Waals surface area contributed by atoms with Gasteiger partial charge < -0.3 is 10.00 Å². The van der Waals surface area contributed by atoms with Crippen LogP contribution in [0.4, 0.5) is 0 Å². The first kappa shape index (κ1) is 18.1. The monoisotopic (exact) mass is 366 g/mol. The van der Waals surface area contributed by atoms with Crippen LogP contribution in [0.5, 0.6) is 0 Å². The topological polar surface area (TPSA) is 74.6 Å². The Balaban J connectivity index is 2.21. The molecule has 5 heteroatoms. The molecule has 0 amide bonds. The normalized spacial score (nSPS) is 15.6. The molecule has 0 radical (unpaired) electrons. The number of aliphatic carboxylic acids is 1. The third-order valence-electron chi connectivity index (χ3n) is 4.38. The maximum atomic E-state index is 13.5. The number of carboxylic acid groups (broad SMARTS) is 1. The Kier molecular flexibility index (Phi) is 5.36. The fourth-order valence-electron chi connectivity index (χ4n) is 3.17. The molecule has 0 aliphatic heterocycles. The SMILES string of the molecule is O=C(O)C(c1ccccc1)C(c1ccccc1)P(=O)(O)c1ccccc1. The first-order valence-corrected chi connectivity index (χ1v) is 9.95. The van der Waals surface area contributed by atoms with Crippen molar-refractivity contribution in [3.05, 3.63) is 102 Å². The Bertz CT molecular complexity index is 911. The average molecular weight is 366 g/mol. The van der Waals surface area contributed by atoms with E-state index >= 15 is 0 Å². The van der Waals surface area contributed by atoms with Gasteiger partial charge in [0.1, 0.15) is 0 Å². The van der Waals surface area contributed by atoms with Crippen LogP contribution in [0.25, 0.3) is 0 Å². The van der Waals surface area contributed by atoms with Gasteiger partial charge in [0, 0.05) is 5.30 Å². The molecule has 0 bridgehead atoms. The van der Waals surface area contributed by atoms with Gasteiger partial charge in [0.05, 0.1) is 11.6 Å². The molecule has 0 aromatic heterocycles. The van der Waals surface area contributed by atoms with Crippen molar-refractivity contribution in [1.29, 1.82) is 0 Å². The van der Waals surface area contributed by atoms with Crippen molar-refractivity contribution in [3.8, 4) is 0 Å². The van der Waals surface area contributed by atoms with Crippen LogP contribution in [0.1, 0.15) is 22.7 Å². The zero-order valence-corrected chi connectivity index (χ0v) is 14.9. The van der Waals surface area contributed by atoms with Crippen LogP contribution in [0.2, 0.25) is 0 Å². The Hall–Kier alpha value is -2.68. The molecule has 4 nitrogen and oxygen atoms in total. The van der Waals surface area contributed by atoms with E-state index in [1.54, 1.807) is 91.0 Å². The maximum Gasteiger partial charge on any atom is 0.312 e. The lowest BCUT2D eigenvalue weighted by Crippen LogP contribution is -2.24. The third kappa shape index (κ3) is 3.62. The van der Waals surface area contributed by atoms with E-state index in [4.69, 9.17) is 0 Å². The minimum absolute atomic E-state index is 0.246. The highest BCUT2D eigenvalue weighted by molar-refractivity contribution is 7.66. The van der Waals surface area contributed by atoms with E-state index in [2.05, 4.69) is 0 Å². The molecule has 2 N–H and O–H groups in total. The fraction of sp³-hybridized carbons (Fsp3) is 0.0952. The second kappa shape index (κ2) is 7.69. The first-order chi connectivity index (χ1) is 12.5. The van der Waals surface area contributed by atoms with Crippen molar-refractivity contribution in [2.24, 2.45) is 0 Å². The number of rotatable bonds is 6. The minimum Gasteiger partial charge on any atom is -0.481 e. The van der Waals surface area contributed by atoms with E-state index in [-0.39, 0.29) is 5.30 Å². The Morgan fingerprint density at radius 1 is 0.731 bits per heavy atom. The molecule has 0 saturated heterocycles. The van der Waals surface area contributed by atoms with Crippen LogP contribution >= 0.6 is 7.37 Å². The van der Waals surface area contributed by atoms with E-state index in [0.717, 1.165) is 0 Å². The van der Waals surface area contributed by atoms with Gasteiger partial charge in [-0.05, 0) is 23.3 Å². The zero-order valence-electron chi connectivity index (χ0n) is 14.0. The van der Waals surface area contributed by atoms with Crippen LogP contribution in [0.15, 0.2) is 91.0 Å². The predicted octanol–water partition coefficient (Wildman–Crippen LogP) is 4.19. The molecule has 0 saturated carbocycles. The lowest BCUT2D eigenvalue weighted by atomic mass is 9.91. The summed E-state index contributed by atoms with van der Waals surface area (Å²) < 4.78 is 13.5. The summed E-state index contributed by atoms with van der Waals surface area (Å²) in [6, 6.07) is 25.6. The van der Waals surface area contributed by atoms with Gasteiger partial charge in [-0.2, -0.15) is 0 Å². The van der Waals surface area contributed by atoms with Gasteiger partial charge in [0.2, 0.25) is 7.37 Å². The Labute approximate surface area is 152 Å². The summed E-state index contributed by atoms with van der Waals surface area (Å²) in [5.41, 5.74) is -0.0662. The highest BCUT2D eigenvalue weighted by atomic mass is 31.2. The number of hydrogen-bond acceptors (Lipinski definition) is 2. The molecule has 0 spiro atoms. The number of benzene rings is 3. The van der Waals surface area contributed by atoms with Crippen molar-refractivity contribution < 1.29 is 19.4 Å². The highest BCUT2D eigenvalue weighted by Crippen LogP contribution is 2.60. The van der Waals surface area contributed by atoms with Crippen LogP contribution in [0.3, 0.4) is 0 Å². The van der Waals surface area contributed by atoms with Crippen LogP contribution < -0.4 is 5.30 Å². The lowest BCUT2D eigenvalue weighted by molar-refractivity contribution is -0.139. The second-order valence-corrected chi connectivity index (χ2v) is 8.36. The summed E-state index contributed by atoms with van der Waals surface area (Å²) in [4.78, 5) is 23.2. The summed E-state index contributed by atoms with van der Waals surface area (Å²) in [5.74, 6) is -2.27. The Morgan fingerprint density at radius 2 is 1.15 bits per heavy atom. The van der Waals surface area contributed by atoms with E-state index < -0.39 is 24.9 Å². The molecule has 3 rings (SSSR count). The number of hydrogen-bond donors (Lipinski definition) is 2. The van der Waals surface area contributed by atoms with E-state index in [1.807, 2.05) is 0 Å². The van der Waals surface area contributed by atoms with Crippen molar-refractivity contribution in [1.82, 2.24) is 0 Å². The van der Waals surface area contributed by atoms with Gasteiger partial charge in [-0.15, -0.1) is 0 Å². The molecule has 3 atom stereocenters. The summed E-state index contributed by atoms with van der Waals surface area (Å²) in [7, 11) is -4.03. The molecular formula is C21H19O4P. The molecule has 0 aliphatic rings.